The van der Waals surface area contributed by atoms with Gasteiger partial charge >= 0.3 is 0 Å². The van der Waals surface area contributed by atoms with Crippen LogP contribution in [0.3, 0.4) is 0 Å². The molecule has 0 unspecified atom stereocenters. The van der Waals surface area contributed by atoms with E-state index >= 15 is 0 Å². The van der Waals surface area contributed by atoms with Crippen molar-refractivity contribution < 1.29 is 8.78 Å². The number of hydrogen-bond acceptors (Lipinski definition) is 2. The maximum atomic E-state index is 13.2. The Morgan fingerprint density at radius 3 is 2.39 bits per heavy atom. The molecule has 1 aromatic heterocycles. The SMILES string of the molecule is C=C(C#N)C(=C)c1cc(C)cc(-c2ccc(C(C)(F)F)nc2)c1. The normalized spacial score (nSPS) is 10.9. The molecule has 0 aliphatic rings. The summed E-state index contributed by atoms with van der Waals surface area (Å²) < 4.78 is 26.5. The summed E-state index contributed by atoms with van der Waals surface area (Å²) in [6.07, 6.45) is 1.42. The van der Waals surface area contributed by atoms with Gasteiger partial charge in [-0.3, -0.25) is 4.98 Å². The van der Waals surface area contributed by atoms with Crippen LogP contribution in [0.2, 0.25) is 0 Å². The molecule has 0 bridgehead atoms. The quantitative estimate of drug-likeness (QED) is 0.570. The average molecular weight is 310 g/mol. The van der Waals surface area contributed by atoms with E-state index in [0.717, 1.165) is 29.2 Å². The molecule has 23 heavy (non-hydrogen) atoms. The molecule has 0 saturated carbocycles. The van der Waals surface area contributed by atoms with Crippen LogP contribution in [0.25, 0.3) is 16.7 Å². The maximum absolute atomic E-state index is 13.2. The van der Waals surface area contributed by atoms with Gasteiger partial charge in [0.1, 0.15) is 5.69 Å². The summed E-state index contributed by atoms with van der Waals surface area (Å²) in [5.74, 6) is -2.96. The van der Waals surface area contributed by atoms with E-state index < -0.39 is 5.92 Å². The van der Waals surface area contributed by atoms with E-state index in [1.165, 1.54) is 12.3 Å². The highest BCUT2D eigenvalue weighted by Gasteiger charge is 2.25. The average Bonchev–Trinajstić information content (AvgIpc) is 2.52. The largest absolute Gasteiger partial charge is 0.286 e. The summed E-state index contributed by atoms with van der Waals surface area (Å²) >= 11 is 0. The Bertz CT molecular complexity index is 807. The Labute approximate surface area is 134 Å². The number of aryl methyl sites for hydroxylation is 1. The first kappa shape index (κ1) is 16.6. The van der Waals surface area contributed by atoms with Crippen LogP contribution in [0.4, 0.5) is 8.78 Å². The Kier molecular flexibility index (Phi) is 4.42. The van der Waals surface area contributed by atoms with E-state index in [9.17, 15) is 8.78 Å². The van der Waals surface area contributed by atoms with Crippen molar-refractivity contribution in [1.29, 1.82) is 5.26 Å². The second kappa shape index (κ2) is 6.13. The highest BCUT2D eigenvalue weighted by atomic mass is 19.3. The van der Waals surface area contributed by atoms with Crippen LogP contribution in [0.1, 0.15) is 23.7 Å². The Balaban J connectivity index is 2.45. The fraction of sp³-hybridized carbons (Fsp3) is 0.158. The van der Waals surface area contributed by atoms with E-state index in [2.05, 4.69) is 18.1 Å². The Morgan fingerprint density at radius 2 is 1.87 bits per heavy atom. The summed E-state index contributed by atoms with van der Waals surface area (Å²) in [6, 6.07) is 10.6. The van der Waals surface area contributed by atoms with E-state index in [4.69, 9.17) is 5.26 Å². The van der Waals surface area contributed by atoms with Crippen LogP contribution >= 0.6 is 0 Å². The fourth-order valence-corrected chi connectivity index (χ4v) is 2.19. The van der Waals surface area contributed by atoms with Gasteiger partial charge in [-0.1, -0.05) is 31.4 Å². The minimum atomic E-state index is -2.96. The lowest BCUT2D eigenvalue weighted by Crippen LogP contribution is -2.09. The predicted octanol–water partition coefficient (Wildman–Crippen LogP) is 5.26. The zero-order valence-electron chi connectivity index (χ0n) is 13.0. The standard InChI is InChI=1S/C19H16F2N2/c1-12-7-16(14(3)13(2)10-22)9-17(8-12)15-5-6-18(23-11-15)19(4,20)21/h5-9,11H,2-3H2,1,4H3. The molecule has 1 heterocycles. The molecule has 0 radical (unpaired) electrons. The zero-order valence-corrected chi connectivity index (χ0v) is 13.0. The van der Waals surface area contributed by atoms with Gasteiger partial charge < -0.3 is 0 Å². The van der Waals surface area contributed by atoms with Gasteiger partial charge in [0.25, 0.3) is 5.92 Å². The molecular formula is C19H16F2N2. The number of nitriles is 1. The third-order valence-corrected chi connectivity index (χ3v) is 3.47. The first-order valence-corrected chi connectivity index (χ1v) is 6.97. The van der Waals surface area contributed by atoms with Crippen molar-refractivity contribution in [1.82, 2.24) is 4.98 Å². The lowest BCUT2D eigenvalue weighted by atomic mass is 9.95. The molecule has 0 aliphatic heterocycles. The Hall–Kier alpha value is -2.80. The van der Waals surface area contributed by atoms with Gasteiger partial charge in [-0.15, -0.1) is 0 Å². The van der Waals surface area contributed by atoms with Crippen LogP contribution in [0.5, 0.6) is 0 Å². The summed E-state index contributed by atoms with van der Waals surface area (Å²) in [5, 5.41) is 8.94. The lowest BCUT2D eigenvalue weighted by Gasteiger charge is -2.12. The number of aromatic nitrogens is 1. The topological polar surface area (TPSA) is 36.7 Å². The van der Waals surface area contributed by atoms with Gasteiger partial charge in [0, 0.05) is 18.7 Å². The van der Waals surface area contributed by atoms with E-state index in [-0.39, 0.29) is 5.69 Å². The number of hydrogen-bond donors (Lipinski definition) is 0. The zero-order chi connectivity index (χ0) is 17.2. The van der Waals surface area contributed by atoms with Crippen LogP contribution in [-0.2, 0) is 5.92 Å². The summed E-state index contributed by atoms with van der Waals surface area (Å²) in [7, 11) is 0. The number of halogens is 2. The minimum Gasteiger partial charge on any atom is -0.254 e. The van der Waals surface area contributed by atoms with Gasteiger partial charge in [-0.25, -0.2) is 0 Å². The van der Waals surface area contributed by atoms with Crippen molar-refractivity contribution >= 4 is 5.57 Å². The monoisotopic (exact) mass is 310 g/mol. The van der Waals surface area contributed by atoms with Crippen molar-refractivity contribution in [3.8, 4) is 17.2 Å². The molecular weight excluding hydrogens is 294 g/mol. The predicted molar refractivity (Wildman–Crippen MR) is 87.8 cm³/mol. The van der Waals surface area contributed by atoms with E-state index in [0.29, 0.717) is 11.1 Å². The van der Waals surface area contributed by atoms with Gasteiger partial charge in [0.15, 0.2) is 0 Å². The fourth-order valence-electron chi connectivity index (χ4n) is 2.19. The molecule has 0 amide bonds. The third kappa shape index (κ3) is 3.70. The second-order valence-electron chi connectivity index (χ2n) is 5.48. The molecule has 4 heteroatoms. The smallest absolute Gasteiger partial charge is 0.254 e. The van der Waals surface area contributed by atoms with Gasteiger partial charge in [-0.05, 0) is 41.3 Å². The molecule has 2 nitrogen and oxygen atoms in total. The molecule has 0 saturated heterocycles. The van der Waals surface area contributed by atoms with Crippen LogP contribution in [0, 0.1) is 18.3 Å². The number of rotatable bonds is 4. The molecule has 0 atom stereocenters. The molecule has 1 aromatic carbocycles. The molecule has 2 aromatic rings. The van der Waals surface area contributed by atoms with Crippen LogP contribution in [-0.4, -0.2) is 4.98 Å². The lowest BCUT2D eigenvalue weighted by molar-refractivity contribution is 0.0128. The number of alkyl halides is 2. The number of pyridine rings is 1. The van der Waals surface area contributed by atoms with Crippen LogP contribution < -0.4 is 0 Å². The van der Waals surface area contributed by atoms with Crippen molar-refractivity contribution in [3.05, 3.63) is 72.1 Å². The first-order chi connectivity index (χ1) is 10.7. The highest BCUT2D eigenvalue weighted by molar-refractivity contribution is 5.83. The first-order valence-electron chi connectivity index (χ1n) is 6.97. The number of benzene rings is 1. The number of nitrogens with zero attached hydrogens (tertiary/aromatic N) is 2. The molecule has 116 valence electrons. The maximum Gasteiger partial charge on any atom is 0.286 e. The molecule has 0 fully saturated rings. The molecule has 2 rings (SSSR count). The van der Waals surface area contributed by atoms with Gasteiger partial charge in [-0.2, -0.15) is 14.0 Å². The molecule has 0 aliphatic carbocycles. The number of allylic oxidation sites excluding steroid dienone is 2. The van der Waals surface area contributed by atoms with E-state index in [1.54, 1.807) is 6.07 Å². The Morgan fingerprint density at radius 1 is 1.17 bits per heavy atom. The second-order valence-corrected chi connectivity index (χ2v) is 5.48. The molecule has 0 spiro atoms. The van der Waals surface area contributed by atoms with Crippen molar-refractivity contribution in [2.24, 2.45) is 0 Å². The van der Waals surface area contributed by atoms with Crippen molar-refractivity contribution in [3.63, 3.8) is 0 Å². The molecule has 0 N–H and O–H groups in total. The van der Waals surface area contributed by atoms with E-state index in [1.807, 2.05) is 31.2 Å². The summed E-state index contributed by atoms with van der Waals surface area (Å²) in [5.41, 5.74) is 3.86. The summed E-state index contributed by atoms with van der Waals surface area (Å²) in [4.78, 5) is 3.84. The van der Waals surface area contributed by atoms with Crippen molar-refractivity contribution in [2.75, 3.05) is 0 Å². The summed E-state index contributed by atoms with van der Waals surface area (Å²) in [6.45, 7) is 10.3. The minimum absolute atomic E-state index is 0.267. The van der Waals surface area contributed by atoms with Gasteiger partial charge in [0.05, 0.1) is 11.6 Å². The van der Waals surface area contributed by atoms with Crippen molar-refractivity contribution in [2.45, 2.75) is 19.8 Å². The third-order valence-electron chi connectivity index (χ3n) is 3.47. The van der Waals surface area contributed by atoms with Crippen LogP contribution in [0.15, 0.2) is 55.3 Å². The van der Waals surface area contributed by atoms with Gasteiger partial charge in [0.2, 0.25) is 0 Å². The highest BCUT2D eigenvalue weighted by Crippen LogP contribution is 2.30.